The van der Waals surface area contributed by atoms with E-state index in [0.717, 1.165) is 5.56 Å². The number of anilines is 1. The predicted molar refractivity (Wildman–Crippen MR) is 98.3 cm³/mol. The Labute approximate surface area is 149 Å². The first kappa shape index (κ1) is 19.0. The highest BCUT2D eigenvalue weighted by Gasteiger charge is 2.20. The van der Waals surface area contributed by atoms with Gasteiger partial charge in [-0.05, 0) is 35.7 Å². The third-order valence-corrected chi connectivity index (χ3v) is 4.89. The highest BCUT2D eigenvalue weighted by Crippen LogP contribution is 2.29. The number of benzene rings is 2. The molecule has 0 aliphatic rings. The van der Waals surface area contributed by atoms with Crippen LogP contribution in [0, 0.1) is 5.92 Å². The van der Waals surface area contributed by atoms with Crippen molar-refractivity contribution in [3.8, 4) is 5.75 Å². The van der Waals surface area contributed by atoms with Gasteiger partial charge in [0.05, 0.1) is 0 Å². The predicted octanol–water partition coefficient (Wildman–Crippen LogP) is 4.17. The van der Waals surface area contributed by atoms with E-state index < -0.39 is 10.1 Å². The summed E-state index contributed by atoms with van der Waals surface area (Å²) in [5, 5.41) is 2.69. The zero-order valence-corrected chi connectivity index (χ0v) is 15.6. The summed E-state index contributed by atoms with van der Waals surface area (Å²) in [6.45, 7) is 7.47. The molecule has 0 spiro atoms. The highest BCUT2D eigenvalue weighted by molar-refractivity contribution is 7.87. The van der Waals surface area contributed by atoms with Crippen molar-refractivity contribution < 1.29 is 17.4 Å². The van der Waals surface area contributed by atoms with Crippen LogP contribution < -0.4 is 9.50 Å². The van der Waals surface area contributed by atoms with Gasteiger partial charge in [0, 0.05) is 11.6 Å². The molecule has 1 N–H and O–H groups in total. The molecule has 134 valence electrons. The van der Waals surface area contributed by atoms with Crippen molar-refractivity contribution >= 4 is 21.7 Å². The van der Waals surface area contributed by atoms with Crippen molar-refractivity contribution in [3.05, 3.63) is 54.1 Å². The largest absolute Gasteiger partial charge is 0.379 e. The number of rotatable bonds is 6. The zero-order valence-electron chi connectivity index (χ0n) is 14.8. The maximum atomic E-state index is 12.6. The first-order valence-corrected chi connectivity index (χ1v) is 9.56. The third kappa shape index (κ3) is 4.82. The molecule has 25 heavy (non-hydrogen) atoms. The Morgan fingerprint density at radius 3 is 2.32 bits per heavy atom. The Balaban J connectivity index is 2.30. The molecule has 0 unspecified atom stereocenters. The van der Waals surface area contributed by atoms with Gasteiger partial charge in [0.15, 0.2) is 0 Å². The fraction of sp³-hybridized carbons (Fsp3) is 0.316. The van der Waals surface area contributed by atoms with E-state index in [9.17, 15) is 13.2 Å². The Bertz CT molecular complexity index is 857. The lowest BCUT2D eigenvalue weighted by Gasteiger charge is -2.14. The van der Waals surface area contributed by atoms with Gasteiger partial charge in [0.25, 0.3) is 0 Å². The molecule has 0 atom stereocenters. The van der Waals surface area contributed by atoms with Gasteiger partial charge in [-0.1, -0.05) is 52.0 Å². The molecule has 2 aromatic rings. The molecule has 0 aliphatic carbocycles. The number of nitrogens with one attached hydrogen (secondary N) is 1. The van der Waals surface area contributed by atoms with E-state index in [0.29, 0.717) is 11.4 Å². The quantitative estimate of drug-likeness (QED) is 0.784. The zero-order chi connectivity index (χ0) is 18.6. The molecule has 0 saturated heterocycles. The minimum atomic E-state index is -4.00. The number of carbonyl (C=O) groups is 1. The monoisotopic (exact) mass is 361 g/mol. The topological polar surface area (TPSA) is 72.5 Å². The summed E-state index contributed by atoms with van der Waals surface area (Å²) in [5.41, 5.74) is 1.23. The standard InChI is InChI=1S/C19H23NO4S/c1-13(2)17-10-5-6-11-18(17)24-25(22,23)16-9-7-8-15(12-16)20-19(21)14(3)4/h5-14H,1-4H3,(H,20,21). The third-order valence-electron chi connectivity index (χ3n) is 3.66. The Morgan fingerprint density at radius 2 is 1.68 bits per heavy atom. The molecular formula is C19H23NO4S. The van der Waals surface area contributed by atoms with Crippen LogP contribution in [0.1, 0.15) is 39.2 Å². The molecule has 0 radical (unpaired) electrons. The molecule has 0 heterocycles. The number of hydrogen-bond acceptors (Lipinski definition) is 4. The van der Waals surface area contributed by atoms with Crippen LogP contribution in [0.5, 0.6) is 5.75 Å². The number of para-hydroxylation sites is 1. The number of amides is 1. The van der Waals surface area contributed by atoms with E-state index in [-0.39, 0.29) is 22.6 Å². The van der Waals surface area contributed by atoms with E-state index in [1.165, 1.54) is 12.1 Å². The molecule has 0 saturated carbocycles. The second-order valence-electron chi connectivity index (χ2n) is 6.40. The molecule has 6 heteroatoms. The van der Waals surface area contributed by atoms with Crippen LogP contribution in [0.4, 0.5) is 5.69 Å². The van der Waals surface area contributed by atoms with Gasteiger partial charge >= 0.3 is 10.1 Å². The molecule has 2 rings (SSSR count). The average Bonchev–Trinajstić information content (AvgIpc) is 2.55. The van der Waals surface area contributed by atoms with Crippen molar-refractivity contribution in [3.63, 3.8) is 0 Å². The maximum Gasteiger partial charge on any atom is 0.339 e. The SMILES string of the molecule is CC(C)C(=O)Nc1cccc(S(=O)(=O)Oc2ccccc2C(C)C)c1. The van der Waals surface area contributed by atoms with Gasteiger partial charge in [-0.3, -0.25) is 4.79 Å². The first-order chi connectivity index (χ1) is 11.7. The normalized spacial score (nSPS) is 11.6. The van der Waals surface area contributed by atoms with Crippen molar-refractivity contribution in [2.75, 3.05) is 5.32 Å². The molecule has 2 aromatic carbocycles. The summed E-state index contributed by atoms with van der Waals surface area (Å²) < 4.78 is 30.6. The second kappa shape index (κ2) is 7.70. The fourth-order valence-electron chi connectivity index (χ4n) is 2.22. The summed E-state index contributed by atoms with van der Waals surface area (Å²) >= 11 is 0. The summed E-state index contributed by atoms with van der Waals surface area (Å²) in [6.07, 6.45) is 0. The number of carbonyl (C=O) groups excluding carboxylic acids is 1. The lowest BCUT2D eigenvalue weighted by atomic mass is 10.0. The van der Waals surface area contributed by atoms with E-state index in [4.69, 9.17) is 4.18 Å². The van der Waals surface area contributed by atoms with Gasteiger partial charge in [-0.2, -0.15) is 8.42 Å². The Morgan fingerprint density at radius 1 is 1.00 bits per heavy atom. The molecule has 0 aliphatic heterocycles. The van der Waals surface area contributed by atoms with Crippen LogP contribution in [0.2, 0.25) is 0 Å². The van der Waals surface area contributed by atoms with Gasteiger partial charge in [-0.15, -0.1) is 0 Å². The van der Waals surface area contributed by atoms with Crippen molar-refractivity contribution in [1.29, 1.82) is 0 Å². The molecule has 0 fully saturated rings. The summed E-state index contributed by atoms with van der Waals surface area (Å²) in [4.78, 5) is 11.8. The summed E-state index contributed by atoms with van der Waals surface area (Å²) in [7, 11) is -4.00. The van der Waals surface area contributed by atoms with Gasteiger partial charge in [0.2, 0.25) is 5.91 Å². The molecule has 1 amide bonds. The highest BCUT2D eigenvalue weighted by atomic mass is 32.2. The number of hydrogen-bond donors (Lipinski definition) is 1. The molecule has 0 aromatic heterocycles. The van der Waals surface area contributed by atoms with E-state index >= 15 is 0 Å². The minimum Gasteiger partial charge on any atom is -0.379 e. The maximum absolute atomic E-state index is 12.6. The van der Waals surface area contributed by atoms with Crippen LogP contribution in [0.15, 0.2) is 53.4 Å². The van der Waals surface area contributed by atoms with Crippen LogP contribution in [0.25, 0.3) is 0 Å². The van der Waals surface area contributed by atoms with Gasteiger partial charge in [0.1, 0.15) is 10.6 Å². The molecule has 0 bridgehead atoms. The Kier molecular flexibility index (Phi) is 5.85. The fourth-order valence-corrected chi connectivity index (χ4v) is 3.22. The smallest absolute Gasteiger partial charge is 0.339 e. The first-order valence-electron chi connectivity index (χ1n) is 8.15. The van der Waals surface area contributed by atoms with Gasteiger partial charge < -0.3 is 9.50 Å². The van der Waals surface area contributed by atoms with Crippen LogP contribution in [-0.4, -0.2) is 14.3 Å². The van der Waals surface area contributed by atoms with Crippen molar-refractivity contribution in [2.24, 2.45) is 5.92 Å². The lowest BCUT2D eigenvalue weighted by molar-refractivity contribution is -0.118. The van der Waals surface area contributed by atoms with Crippen LogP contribution >= 0.6 is 0 Å². The lowest BCUT2D eigenvalue weighted by Crippen LogP contribution is -2.18. The summed E-state index contributed by atoms with van der Waals surface area (Å²) in [6, 6.07) is 13.1. The van der Waals surface area contributed by atoms with E-state index in [1.807, 2.05) is 26.0 Å². The average molecular weight is 361 g/mol. The second-order valence-corrected chi connectivity index (χ2v) is 7.95. The van der Waals surface area contributed by atoms with E-state index in [2.05, 4.69) is 5.32 Å². The Hall–Kier alpha value is -2.34. The van der Waals surface area contributed by atoms with Gasteiger partial charge in [-0.25, -0.2) is 0 Å². The molecule has 5 nitrogen and oxygen atoms in total. The summed E-state index contributed by atoms with van der Waals surface area (Å²) in [5.74, 6) is 0.0623. The van der Waals surface area contributed by atoms with Crippen LogP contribution in [0.3, 0.4) is 0 Å². The van der Waals surface area contributed by atoms with Crippen LogP contribution in [-0.2, 0) is 14.9 Å². The van der Waals surface area contributed by atoms with Crippen molar-refractivity contribution in [1.82, 2.24) is 0 Å². The van der Waals surface area contributed by atoms with E-state index in [1.54, 1.807) is 38.1 Å². The molecular weight excluding hydrogens is 338 g/mol. The minimum absolute atomic E-state index is 0.00684. The van der Waals surface area contributed by atoms with Crippen molar-refractivity contribution in [2.45, 2.75) is 38.5 Å².